The van der Waals surface area contributed by atoms with Gasteiger partial charge >= 0.3 is 0 Å². The molecular weight excluding hydrogens is 446 g/mol. The second-order valence-electron chi connectivity index (χ2n) is 8.28. The zero-order valence-electron chi connectivity index (χ0n) is 20.4. The minimum atomic E-state index is -1.81. The molecule has 4 N–H and O–H groups in total. The highest BCUT2D eigenvalue weighted by molar-refractivity contribution is 6.03. The van der Waals surface area contributed by atoms with Crippen LogP contribution in [0, 0.1) is 5.92 Å². The van der Waals surface area contributed by atoms with E-state index in [1.807, 2.05) is 44.2 Å². The van der Waals surface area contributed by atoms with Crippen LogP contribution in [0.4, 0.5) is 0 Å². The van der Waals surface area contributed by atoms with Gasteiger partial charge in [0.25, 0.3) is 0 Å². The van der Waals surface area contributed by atoms with Crippen molar-refractivity contribution < 1.29 is 29.7 Å². The summed E-state index contributed by atoms with van der Waals surface area (Å²) in [5.74, 6) is -1.42. The quantitative estimate of drug-likeness (QED) is 0.394. The van der Waals surface area contributed by atoms with E-state index in [9.17, 15) is 29.7 Å². The molecule has 188 valence electrons. The highest BCUT2D eigenvalue weighted by Crippen LogP contribution is 2.06. The molecule has 0 radical (unpaired) electrons. The van der Waals surface area contributed by atoms with Gasteiger partial charge in [-0.2, -0.15) is 0 Å². The van der Waals surface area contributed by atoms with E-state index < -0.39 is 24.1 Å². The van der Waals surface area contributed by atoms with Crippen molar-refractivity contribution in [2.45, 2.75) is 45.5 Å². The first-order chi connectivity index (χ1) is 16.6. The van der Waals surface area contributed by atoms with E-state index in [0.717, 1.165) is 11.6 Å². The zero-order valence-corrected chi connectivity index (χ0v) is 20.4. The minimum Gasteiger partial charge on any atom is -0.387 e. The lowest BCUT2D eigenvalue weighted by Gasteiger charge is -2.18. The lowest BCUT2D eigenvalue weighted by Crippen LogP contribution is -2.40. The third-order valence-corrected chi connectivity index (χ3v) is 4.87. The average Bonchev–Trinajstić information content (AvgIpc) is 2.82. The van der Waals surface area contributed by atoms with E-state index in [1.54, 1.807) is 19.1 Å². The van der Waals surface area contributed by atoms with Gasteiger partial charge in [-0.15, -0.1) is 0 Å². The molecule has 0 spiro atoms. The molecule has 0 unspecified atom stereocenters. The average molecular weight is 482 g/mol. The highest BCUT2D eigenvalue weighted by atomic mass is 16.4. The van der Waals surface area contributed by atoms with Crippen LogP contribution < -0.4 is 5.32 Å². The van der Waals surface area contributed by atoms with Gasteiger partial charge in [-0.3, -0.25) is 14.4 Å². The van der Waals surface area contributed by atoms with E-state index in [1.165, 1.54) is 36.5 Å². The summed E-state index contributed by atoms with van der Waals surface area (Å²) in [5.41, 5.74) is 1.56. The molecule has 1 aliphatic rings. The second kappa shape index (κ2) is 16.3. The van der Waals surface area contributed by atoms with Crippen molar-refractivity contribution in [1.29, 1.82) is 0 Å². The van der Waals surface area contributed by atoms with Crippen LogP contribution in [0.3, 0.4) is 0 Å². The summed E-state index contributed by atoms with van der Waals surface area (Å²) in [5, 5.41) is 32.8. The minimum absolute atomic E-state index is 0.0860. The predicted molar refractivity (Wildman–Crippen MR) is 137 cm³/mol. The number of allylic oxidation sites excluding steroid dienone is 13. The van der Waals surface area contributed by atoms with E-state index >= 15 is 0 Å². The fraction of sp³-hybridized carbons (Fsp3) is 0.321. The van der Waals surface area contributed by atoms with E-state index in [2.05, 4.69) is 5.32 Å². The molecule has 0 saturated heterocycles. The number of amides is 1. The third kappa shape index (κ3) is 13.2. The molecule has 0 aromatic carbocycles. The molecule has 1 heterocycles. The Balaban J connectivity index is 3.03. The van der Waals surface area contributed by atoms with Crippen LogP contribution in [-0.4, -0.2) is 57.6 Å². The Morgan fingerprint density at radius 2 is 1.43 bits per heavy atom. The van der Waals surface area contributed by atoms with Crippen molar-refractivity contribution in [1.82, 2.24) is 5.32 Å². The Morgan fingerprint density at radius 3 is 2.17 bits per heavy atom. The van der Waals surface area contributed by atoms with Gasteiger partial charge in [0.15, 0.2) is 11.6 Å². The molecule has 7 heteroatoms. The molecule has 0 bridgehead atoms. The van der Waals surface area contributed by atoms with Gasteiger partial charge < -0.3 is 20.6 Å². The fourth-order valence-corrected chi connectivity index (χ4v) is 2.73. The van der Waals surface area contributed by atoms with Crippen molar-refractivity contribution >= 4 is 17.5 Å². The number of hydrogen-bond donors (Lipinski definition) is 4. The predicted octanol–water partition coefficient (Wildman–Crippen LogP) is 2.59. The molecule has 0 aromatic rings. The molecule has 7 nitrogen and oxygen atoms in total. The van der Waals surface area contributed by atoms with Crippen LogP contribution in [-0.2, 0) is 14.4 Å². The van der Waals surface area contributed by atoms with Crippen molar-refractivity contribution in [3.63, 3.8) is 0 Å². The fourth-order valence-electron chi connectivity index (χ4n) is 2.73. The van der Waals surface area contributed by atoms with E-state index in [-0.39, 0.29) is 24.0 Å². The van der Waals surface area contributed by atoms with Gasteiger partial charge in [0.2, 0.25) is 5.91 Å². The summed E-state index contributed by atoms with van der Waals surface area (Å²) in [6.07, 6.45) is 17.2. The van der Waals surface area contributed by atoms with Gasteiger partial charge in [0.1, 0.15) is 18.3 Å². The van der Waals surface area contributed by atoms with Crippen LogP contribution in [0.2, 0.25) is 0 Å². The SMILES string of the molecule is CC1=C\C=C\C=C\[C@@H](C)CNC(=O)CC(=O)/C=C/C(C)=C/C=C/C(=O)[C@H](O)[C@H](O)[C@H](O)\C=C/C=C\1. The second-order valence-corrected chi connectivity index (χ2v) is 8.28. The summed E-state index contributed by atoms with van der Waals surface area (Å²) in [4.78, 5) is 36.1. The molecule has 4 atom stereocenters. The van der Waals surface area contributed by atoms with Gasteiger partial charge in [0, 0.05) is 6.54 Å². The molecule has 1 rings (SSSR count). The highest BCUT2D eigenvalue weighted by Gasteiger charge is 2.27. The van der Waals surface area contributed by atoms with Crippen LogP contribution in [0.25, 0.3) is 0 Å². The molecule has 1 aliphatic heterocycles. The van der Waals surface area contributed by atoms with E-state index in [0.29, 0.717) is 12.1 Å². The lowest BCUT2D eigenvalue weighted by atomic mass is 10.0. The molecule has 1 amide bonds. The smallest absolute Gasteiger partial charge is 0.227 e. The summed E-state index contributed by atoms with van der Waals surface area (Å²) < 4.78 is 0. The summed E-state index contributed by atoms with van der Waals surface area (Å²) in [6.45, 7) is 5.95. The van der Waals surface area contributed by atoms with E-state index in [4.69, 9.17) is 0 Å². The number of aliphatic hydroxyl groups is 3. The number of nitrogens with one attached hydrogen (secondary N) is 1. The first-order valence-electron chi connectivity index (χ1n) is 11.4. The number of aliphatic hydroxyl groups excluding tert-OH is 3. The Kier molecular flexibility index (Phi) is 13.8. The van der Waals surface area contributed by atoms with Gasteiger partial charge in [-0.05, 0) is 31.9 Å². The van der Waals surface area contributed by atoms with Crippen LogP contribution in [0.15, 0.2) is 96.2 Å². The maximum Gasteiger partial charge on any atom is 0.227 e. The standard InChI is InChI=1S/C28H35NO6/c1-20-10-5-4-6-12-22(3)19-29-26(33)18-23(30)17-16-21(2)13-9-15-25(32)28(35)27(34)24(31)14-8-7-11-20/h4-17,22,24,27-28,31,34-35H,18-19H2,1-3H3,(H,29,33)/b5-4+,11-7-,12-6+,14-8-,15-9+,17-16+,20-10+,21-13+/t22-,24-,27-,28+/m1/s1. The van der Waals surface area contributed by atoms with Crippen LogP contribution in [0.1, 0.15) is 27.2 Å². The topological polar surface area (TPSA) is 124 Å². The molecule has 0 aromatic heterocycles. The maximum absolute atomic E-state index is 12.1. The van der Waals surface area contributed by atoms with Gasteiger partial charge in [-0.25, -0.2) is 0 Å². The number of carbonyl (C=O) groups is 3. The van der Waals surface area contributed by atoms with Gasteiger partial charge in [0.05, 0.1) is 6.42 Å². The molecular formula is C28H35NO6. The molecule has 35 heavy (non-hydrogen) atoms. The van der Waals surface area contributed by atoms with Crippen molar-refractivity contribution in [3.8, 4) is 0 Å². The first kappa shape index (κ1) is 29.6. The number of rotatable bonds is 0. The maximum atomic E-state index is 12.1. The monoisotopic (exact) mass is 481 g/mol. The number of carbonyl (C=O) groups excluding carboxylic acids is 3. The van der Waals surface area contributed by atoms with Crippen molar-refractivity contribution in [2.75, 3.05) is 6.54 Å². The van der Waals surface area contributed by atoms with Crippen LogP contribution in [0.5, 0.6) is 0 Å². The largest absolute Gasteiger partial charge is 0.387 e. The van der Waals surface area contributed by atoms with Crippen molar-refractivity contribution in [3.05, 3.63) is 96.2 Å². The lowest BCUT2D eigenvalue weighted by molar-refractivity contribution is -0.131. The van der Waals surface area contributed by atoms with Crippen LogP contribution >= 0.6 is 0 Å². The number of hydrogen-bond acceptors (Lipinski definition) is 6. The first-order valence-corrected chi connectivity index (χ1v) is 11.4. The number of ketones is 2. The van der Waals surface area contributed by atoms with Gasteiger partial charge in [-0.1, -0.05) is 91.0 Å². The Hall–Kier alpha value is -3.39. The zero-order chi connectivity index (χ0) is 26.2. The molecule has 0 fully saturated rings. The Morgan fingerprint density at radius 1 is 0.771 bits per heavy atom. The molecule has 0 aliphatic carbocycles. The Labute approximate surface area is 206 Å². The van der Waals surface area contributed by atoms with Crippen molar-refractivity contribution in [2.24, 2.45) is 5.92 Å². The normalized spacial score (nSPS) is 34.9. The third-order valence-electron chi connectivity index (χ3n) is 4.87. The summed E-state index contributed by atoms with van der Waals surface area (Å²) >= 11 is 0. The summed E-state index contributed by atoms with van der Waals surface area (Å²) in [6, 6.07) is 0. The summed E-state index contributed by atoms with van der Waals surface area (Å²) in [7, 11) is 0. The Bertz CT molecular complexity index is 977. The molecule has 0 saturated carbocycles.